The van der Waals surface area contributed by atoms with Crippen LogP contribution in [0.3, 0.4) is 0 Å². The van der Waals surface area contributed by atoms with Gasteiger partial charge in [0.25, 0.3) is 11.5 Å². The van der Waals surface area contributed by atoms with E-state index in [4.69, 9.17) is 0 Å². The predicted octanol–water partition coefficient (Wildman–Crippen LogP) is 1.16. The van der Waals surface area contributed by atoms with Gasteiger partial charge in [0.2, 0.25) is 0 Å². The van der Waals surface area contributed by atoms with Crippen LogP contribution < -0.4 is 10.9 Å². The quantitative estimate of drug-likeness (QED) is 0.759. The summed E-state index contributed by atoms with van der Waals surface area (Å²) >= 11 is 0. The lowest BCUT2D eigenvalue weighted by molar-refractivity contribution is 0.0138. The van der Waals surface area contributed by atoms with Crippen LogP contribution in [0, 0.1) is 25.2 Å². The lowest BCUT2D eigenvalue weighted by Gasteiger charge is -2.33. The topological polar surface area (TPSA) is 95.1 Å². The second-order valence-corrected chi connectivity index (χ2v) is 6.49. The molecule has 0 aliphatic carbocycles. The van der Waals surface area contributed by atoms with E-state index in [0.717, 1.165) is 0 Å². The number of aryl methyl sites for hydroxylation is 2. The monoisotopic (exact) mass is 295 g/mol. The number of amides is 1. The number of carbonyl (C=O) groups excluding carboxylic acids is 1. The number of H-pyrrole nitrogens is 1. The van der Waals surface area contributed by atoms with Gasteiger partial charge in [-0.3, -0.25) is 9.59 Å². The third-order valence-electron chi connectivity index (χ3n) is 3.69. The summed E-state index contributed by atoms with van der Waals surface area (Å²) in [5.74, 6) is -0.441. The first-order chi connectivity index (χ1) is 9.56. The predicted molar refractivity (Wildman–Crippen MR) is 81.3 cm³/mol. The molecule has 0 aromatic carbocycles. The van der Waals surface area contributed by atoms with E-state index in [2.05, 4.69) is 15.3 Å². The Morgan fingerprint density at radius 2 is 1.95 bits per heavy atom. The van der Waals surface area contributed by atoms with Crippen LogP contribution in [0.25, 0.3) is 0 Å². The average molecular weight is 295 g/mol. The van der Waals surface area contributed by atoms with Crippen LogP contribution in [0.5, 0.6) is 0 Å². The fourth-order valence-corrected chi connectivity index (χ4v) is 2.17. The van der Waals surface area contributed by atoms with Crippen LogP contribution in [0.1, 0.15) is 49.6 Å². The molecule has 1 atom stereocenters. The molecule has 3 N–H and O–H groups in total. The molecule has 0 radical (unpaired) electrons. The van der Waals surface area contributed by atoms with Gasteiger partial charge in [-0.15, -0.1) is 0 Å². The largest absolute Gasteiger partial charge is 0.392 e. The number of nitrogens with zero attached hydrogens (tertiary/aromatic N) is 1. The highest BCUT2D eigenvalue weighted by Gasteiger charge is 2.31. The maximum Gasteiger partial charge on any atom is 0.279 e. The first-order valence-electron chi connectivity index (χ1n) is 7.10. The summed E-state index contributed by atoms with van der Waals surface area (Å²) in [4.78, 5) is 30.5. The average Bonchev–Trinajstić information content (AvgIpc) is 2.39. The number of aromatic amines is 1. The van der Waals surface area contributed by atoms with Crippen molar-refractivity contribution >= 4 is 5.91 Å². The van der Waals surface area contributed by atoms with Gasteiger partial charge in [0.1, 0.15) is 0 Å². The third kappa shape index (κ3) is 4.14. The fraction of sp³-hybridized carbons (Fsp3) is 0.667. The minimum atomic E-state index is -0.552. The minimum Gasteiger partial charge on any atom is -0.392 e. The van der Waals surface area contributed by atoms with Crippen molar-refractivity contribution in [3.8, 4) is 0 Å². The summed E-state index contributed by atoms with van der Waals surface area (Å²) in [6, 6.07) is 0. The third-order valence-corrected chi connectivity index (χ3v) is 3.69. The molecule has 21 heavy (non-hydrogen) atoms. The highest BCUT2D eigenvalue weighted by Crippen LogP contribution is 2.25. The summed E-state index contributed by atoms with van der Waals surface area (Å²) in [5.41, 5.74) is 0.121. The number of rotatable bonds is 5. The number of aliphatic hydroxyl groups is 1. The van der Waals surface area contributed by atoms with E-state index in [0.29, 0.717) is 11.4 Å². The lowest BCUT2D eigenvalue weighted by atomic mass is 9.80. The van der Waals surface area contributed by atoms with E-state index >= 15 is 0 Å². The number of aliphatic hydroxyl groups excluding tert-OH is 1. The van der Waals surface area contributed by atoms with Crippen molar-refractivity contribution in [1.82, 2.24) is 15.3 Å². The Balaban J connectivity index is 2.84. The molecule has 1 aromatic rings. The highest BCUT2D eigenvalue weighted by atomic mass is 16.3. The van der Waals surface area contributed by atoms with E-state index in [-0.39, 0.29) is 18.2 Å². The highest BCUT2D eigenvalue weighted by molar-refractivity contribution is 5.91. The molecule has 6 heteroatoms. The second-order valence-electron chi connectivity index (χ2n) is 6.49. The molecule has 0 fully saturated rings. The Morgan fingerprint density at radius 1 is 1.38 bits per heavy atom. The molecule has 0 aliphatic rings. The van der Waals surface area contributed by atoms with Crippen molar-refractivity contribution < 1.29 is 9.90 Å². The molecular formula is C15H25N3O3. The Bertz CT molecular complexity index is 576. The molecule has 118 valence electrons. The molecule has 0 spiro atoms. The Labute approximate surface area is 125 Å². The maximum atomic E-state index is 12.1. The van der Waals surface area contributed by atoms with Crippen LogP contribution in [0.15, 0.2) is 4.79 Å². The molecule has 1 aromatic heterocycles. The zero-order valence-electron chi connectivity index (χ0n) is 13.6. The van der Waals surface area contributed by atoms with Crippen LogP contribution in [-0.4, -0.2) is 33.6 Å². The molecule has 0 bridgehead atoms. The Kier molecular flexibility index (Phi) is 5.28. The molecule has 0 aliphatic heterocycles. The summed E-state index contributed by atoms with van der Waals surface area (Å²) in [6.07, 6.45) is -0.552. The second kappa shape index (κ2) is 6.39. The van der Waals surface area contributed by atoms with Crippen molar-refractivity contribution in [2.45, 2.75) is 47.6 Å². The van der Waals surface area contributed by atoms with Gasteiger partial charge in [-0.25, -0.2) is 4.98 Å². The van der Waals surface area contributed by atoms with Gasteiger partial charge in [0.15, 0.2) is 5.69 Å². The van der Waals surface area contributed by atoms with Crippen molar-refractivity contribution in [2.24, 2.45) is 11.3 Å². The van der Waals surface area contributed by atoms with Crippen LogP contribution in [-0.2, 0) is 0 Å². The molecule has 0 saturated carbocycles. The van der Waals surface area contributed by atoms with Crippen LogP contribution in [0.2, 0.25) is 0 Å². The minimum absolute atomic E-state index is 0.0834. The van der Waals surface area contributed by atoms with E-state index in [1.165, 1.54) is 0 Å². The molecule has 1 heterocycles. The van der Waals surface area contributed by atoms with E-state index in [1.807, 2.05) is 27.7 Å². The molecule has 1 rings (SSSR count). The van der Waals surface area contributed by atoms with Crippen LogP contribution in [0.4, 0.5) is 0 Å². The lowest BCUT2D eigenvalue weighted by Crippen LogP contribution is -2.44. The first kappa shape index (κ1) is 17.4. The summed E-state index contributed by atoms with van der Waals surface area (Å²) in [7, 11) is 0. The van der Waals surface area contributed by atoms with E-state index in [1.54, 1.807) is 13.8 Å². The number of aromatic nitrogens is 2. The van der Waals surface area contributed by atoms with Gasteiger partial charge in [-0.05, 0) is 19.8 Å². The van der Waals surface area contributed by atoms with Crippen LogP contribution >= 0.6 is 0 Å². The number of carbonyl (C=O) groups is 1. The SMILES string of the molecule is Cc1nc(C(=O)NCC(C)(C)C(O)C(C)C)c(=O)[nH]c1C. The standard InChI is InChI=1S/C15H25N3O3/c1-8(2)12(19)15(5,6)7-16-13(20)11-14(21)18-10(4)9(3)17-11/h8,12,19H,7H2,1-6H3,(H,16,20)(H,18,21). The van der Waals surface area contributed by atoms with Crippen molar-refractivity contribution in [3.05, 3.63) is 27.4 Å². The Hall–Kier alpha value is -1.69. The number of hydrogen-bond acceptors (Lipinski definition) is 4. The van der Waals surface area contributed by atoms with Gasteiger partial charge in [0.05, 0.1) is 11.8 Å². The smallest absolute Gasteiger partial charge is 0.279 e. The zero-order valence-corrected chi connectivity index (χ0v) is 13.6. The molecule has 1 unspecified atom stereocenters. The van der Waals surface area contributed by atoms with Crippen molar-refractivity contribution in [1.29, 1.82) is 0 Å². The van der Waals surface area contributed by atoms with Gasteiger partial charge in [-0.2, -0.15) is 0 Å². The number of hydrogen-bond donors (Lipinski definition) is 3. The number of nitrogens with one attached hydrogen (secondary N) is 2. The summed E-state index contributed by atoms with van der Waals surface area (Å²) in [6.45, 7) is 11.3. The summed E-state index contributed by atoms with van der Waals surface area (Å²) in [5, 5.41) is 12.8. The maximum absolute atomic E-state index is 12.1. The fourth-order valence-electron chi connectivity index (χ4n) is 2.17. The molecule has 6 nitrogen and oxygen atoms in total. The van der Waals surface area contributed by atoms with Gasteiger partial charge in [-0.1, -0.05) is 27.7 Å². The Morgan fingerprint density at radius 3 is 2.48 bits per heavy atom. The zero-order chi connectivity index (χ0) is 16.4. The first-order valence-corrected chi connectivity index (χ1v) is 7.10. The molecular weight excluding hydrogens is 270 g/mol. The normalized spacial score (nSPS) is 13.3. The van der Waals surface area contributed by atoms with Crippen molar-refractivity contribution in [2.75, 3.05) is 6.54 Å². The molecule has 1 amide bonds. The summed E-state index contributed by atoms with van der Waals surface area (Å²) < 4.78 is 0. The van der Waals surface area contributed by atoms with Crippen molar-refractivity contribution in [3.63, 3.8) is 0 Å². The van der Waals surface area contributed by atoms with E-state index in [9.17, 15) is 14.7 Å². The van der Waals surface area contributed by atoms with Gasteiger partial charge >= 0.3 is 0 Å². The molecule has 0 saturated heterocycles. The van der Waals surface area contributed by atoms with Gasteiger partial charge < -0.3 is 15.4 Å². The van der Waals surface area contributed by atoms with E-state index < -0.39 is 23.0 Å². The van der Waals surface area contributed by atoms with Gasteiger partial charge in [0, 0.05) is 17.7 Å².